The molecule has 0 heterocycles. The van der Waals surface area contributed by atoms with Crippen LogP contribution >= 0.6 is 0 Å². The van der Waals surface area contributed by atoms with Crippen LogP contribution in [0, 0.1) is 0 Å². The third kappa shape index (κ3) is 3.17. The molecule has 0 amide bonds. The molecule has 0 aliphatic rings. The van der Waals surface area contributed by atoms with Gasteiger partial charge >= 0.3 is 0 Å². The number of rotatable bonds is 5. The average molecular weight is 180 g/mol. The molecule has 0 unspecified atom stereocenters. The average Bonchev–Trinajstić information content (AvgIpc) is 2.21. The highest BCUT2D eigenvalue weighted by molar-refractivity contribution is 5.17. The van der Waals surface area contributed by atoms with E-state index >= 15 is 0 Å². The summed E-state index contributed by atoms with van der Waals surface area (Å²) in [5.41, 5.74) is 1.21. The van der Waals surface area contributed by atoms with Gasteiger partial charge in [-0.3, -0.25) is 0 Å². The van der Waals surface area contributed by atoms with Gasteiger partial charge in [-0.2, -0.15) is 0 Å². The van der Waals surface area contributed by atoms with E-state index in [1.807, 2.05) is 18.2 Å². The Morgan fingerprint density at radius 2 is 1.85 bits per heavy atom. The second-order valence-electron chi connectivity index (χ2n) is 2.92. The summed E-state index contributed by atoms with van der Waals surface area (Å²) in [5.74, 6) is 0. The molecule has 2 heteroatoms. The van der Waals surface area contributed by atoms with Crippen molar-refractivity contribution in [1.82, 2.24) is 0 Å². The molecule has 1 aromatic rings. The predicted octanol–water partition coefficient (Wildman–Crippen LogP) is 2.41. The van der Waals surface area contributed by atoms with Crippen LogP contribution in [-0.2, 0) is 9.47 Å². The Hall–Kier alpha value is -0.860. The molecule has 1 atom stereocenters. The minimum absolute atomic E-state index is 0.154. The van der Waals surface area contributed by atoms with Gasteiger partial charge in [0.05, 0.1) is 6.10 Å². The van der Waals surface area contributed by atoms with E-state index in [1.165, 1.54) is 5.56 Å². The van der Waals surface area contributed by atoms with Crippen molar-refractivity contribution in [1.29, 1.82) is 0 Å². The first-order valence-corrected chi connectivity index (χ1v) is 4.45. The molecule has 1 aromatic carbocycles. The number of benzene rings is 1. The van der Waals surface area contributed by atoms with Gasteiger partial charge in [0.15, 0.2) is 0 Å². The Kier molecular flexibility index (Phi) is 4.50. The zero-order chi connectivity index (χ0) is 9.52. The lowest BCUT2D eigenvalue weighted by molar-refractivity contribution is 0.0662. The van der Waals surface area contributed by atoms with Crippen LogP contribution in [0.3, 0.4) is 0 Å². The lowest BCUT2D eigenvalue weighted by Crippen LogP contribution is -2.04. The van der Waals surface area contributed by atoms with E-state index < -0.39 is 0 Å². The van der Waals surface area contributed by atoms with Crippen molar-refractivity contribution in [2.75, 3.05) is 20.8 Å². The minimum atomic E-state index is 0.154. The lowest BCUT2D eigenvalue weighted by Gasteiger charge is -2.14. The third-order valence-corrected chi connectivity index (χ3v) is 2.04. The molecule has 0 saturated heterocycles. The quantitative estimate of drug-likeness (QED) is 0.692. The fraction of sp³-hybridized carbons (Fsp3) is 0.455. The standard InChI is InChI=1S/C11H16O2/c1-12-9-8-11(13-2)10-6-4-3-5-7-10/h3-7,11H,8-9H2,1-2H3/t11-/m0/s1. The van der Waals surface area contributed by atoms with Gasteiger partial charge in [-0.05, 0) is 5.56 Å². The van der Waals surface area contributed by atoms with Crippen LogP contribution < -0.4 is 0 Å². The Morgan fingerprint density at radius 3 is 2.38 bits per heavy atom. The molecule has 0 radical (unpaired) electrons. The highest BCUT2D eigenvalue weighted by Crippen LogP contribution is 2.19. The lowest BCUT2D eigenvalue weighted by atomic mass is 10.1. The van der Waals surface area contributed by atoms with E-state index in [4.69, 9.17) is 9.47 Å². The summed E-state index contributed by atoms with van der Waals surface area (Å²) < 4.78 is 10.4. The summed E-state index contributed by atoms with van der Waals surface area (Å²) >= 11 is 0. The molecule has 0 aromatic heterocycles. The van der Waals surface area contributed by atoms with E-state index in [0.29, 0.717) is 0 Å². The Balaban J connectivity index is 2.56. The fourth-order valence-corrected chi connectivity index (χ4v) is 1.31. The molecule has 1 rings (SSSR count). The molecule has 0 bridgehead atoms. The minimum Gasteiger partial charge on any atom is -0.385 e. The van der Waals surface area contributed by atoms with E-state index in [9.17, 15) is 0 Å². The van der Waals surface area contributed by atoms with Crippen LogP contribution in [0.4, 0.5) is 0 Å². The van der Waals surface area contributed by atoms with Crippen LogP contribution in [0.5, 0.6) is 0 Å². The first-order chi connectivity index (χ1) is 6.38. The van der Waals surface area contributed by atoms with Gasteiger partial charge in [0.2, 0.25) is 0 Å². The van der Waals surface area contributed by atoms with Gasteiger partial charge in [0.25, 0.3) is 0 Å². The maximum Gasteiger partial charge on any atom is 0.0843 e. The van der Waals surface area contributed by atoms with E-state index in [2.05, 4.69) is 12.1 Å². The van der Waals surface area contributed by atoms with Crippen LogP contribution in [0.25, 0.3) is 0 Å². The van der Waals surface area contributed by atoms with Crippen molar-refractivity contribution in [3.8, 4) is 0 Å². The molecule has 72 valence electrons. The molecule has 0 aliphatic carbocycles. The predicted molar refractivity (Wildman–Crippen MR) is 52.7 cm³/mol. The van der Waals surface area contributed by atoms with Gasteiger partial charge in [0, 0.05) is 27.2 Å². The number of hydrogen-bond acceptors (Lipinski definition) is 2. The summed E-state index contributed by atoms with van der Waals surface area (Å²) in [7, 11) is 3.44. The Labute approximate surface area is 79.5 Å². The molecule has 0 fully saturated rings. The first kappa shape index (κ1) is 10.2. The molecule has 0 saturated carbocycles. The van der Waals surface area contributed by atoms with E-state index in [-0.39, 0.29) is 6.10 Å². The third-order valence-electron chi connectivity index (χ3n) is 2.04. The highest BCUT2D eigenvalue weighted by atomic mass is 16.5. The topological polar surface area (TPSA) is 18.5 Å². The second-order valence-corrected chi connectivity index (χ2v) is 2.92. The van der Waals surface area contributed by atoms with Crippen molar-refractivity contribution in [2.24, 2.45) is 0 Å². The van der Waals surface area contributed by atoms with Crippen LogP contribution in [-0.4, -0.2) is 20.8 Å². The van der Waals surface area contributed by atoms with Crippen molar-refractivity contribution < 1.29 is 9.47 Å². The van der Waals surface area contributed by atoms with Gasteiger partial charge in [-0.1, -0.05) is 30.3 Å². The van der Waals surface area contributed by atoms with Gasteiger partial charge in [-0.25, -0.2) is 0 Å². The molecular formula is C11H16O2. The molecular weight excluding hydrogens is 164 g/mol. The van der Waals surface area contributed by atoms with Gasteiger partial charge in [0.1, 0.15) is 0 Å². The number of hydrogen-bond donors (Lipinski definition) is 0. The largest absolute Gasteiger partial charge is 0.385 e. The fourth-order valence-electron chi connectivity index (χ4n) is 1.31. The second kappa shape index (κ2) is 5.73. The SMILES string of the molecule is COCC[C@H](OC)c1ccccc1. The Morgan fingerprint density at radius 1 is 1.15 bits per heavy atom. The van der Waals surface area contributed by atoms with Crippen molar-refractivity contribution in [3.05, 3.63) is 35.9 Å². The molecule has 0 aliphatic heterocycles. The molecule has 2 nitrogen and oxygen atoms in total. The summed E-state index contributed by atoms with van der Waals surface area (Å²) in [6.07, 6.45) is 1.05. The normalized spacial score (nSPS) is 12.8. The van der Waals surface area contributed by atoms with Gasteiger partial charge in [-0.15, -0.1) is 0 Å². The number of ether oxygens (including phenoxy) is 2. The first-order valence-electron chi connectivity index (χ1n) is 4.45. The van der Waals surface area contributed by atoms with Gasteiger partial charge < -0.3 is 9.47 Å². The summed E-state index contributed by atoms with van der Waals surface area (Å²) in [4.78, 5) is 0. The summed E-state index contributed by atoms with van der Waals surface area (Å²) in [6.45, 7) is 0.730. The molecule has 0 N–H and O–H groups in total. The van der Waals surface area contributed by atoms with E-state index in [1.54, 1.807) is 14.2 Å². The monoisotopic (exact) mass is 180 g/mol. The zero-order valence-corrected chi connectivity index (χ0v) is 8.19. The maximum atomic E-state index is 5.36. The number of methoxy groups -OCH3 is 2. The van der Waals surface area contributed by atoms with Crippen molar-refractivity contribution >= 4 is 0 Å². The maximum absolute atomic E-state index is 5.36. The van der Waals surface area contributed by atoms with Crippen molar-refractivity contribution in [3.63, 3.8) is 0 Å². The summed E-state index contributed by atoms with van der Waals surface area (Å²) in [5, 5.41) is 0. The van der Waals surface area contributed by atoms with Crippen LogP contribution in [0.15, 0.2) is 30.3 Å². The molecule has 0 spiro atoms. The summed E-state index contributed by atoms with van der Waals surface area (Å²) in [6, 6.07) is 10.2. The van der Waals surface area contributed by atoms with E-state index in [0.717, 1.165) is 13.0 Å². The highest BCUT2D eigenvalue weighted by Gasteiger charge is 2.08. The van der Waals surface area contributed by atoms with Crippen LogP contribution in [0.1, 0.15) is 18.1 Å². The Bertz CT molecular complexity index is 221. The molecule has 13 heavy (non-hydrogen) atoms. The smallest absolute Gasteiger partial charge is 0.0843 e. The van der Waals surface area contributed by atoms with Crippen molar-refractivity contribution in [2.45, 2.75) is 12.5 Å². The zero-order valence-electron chi connectivity index (χ0n) is 8.19. The van der Waals surface area contributed by atoms with Crippen LogP contribution in [0.2, 0.25) is 0 Å².